The van der Waals surface area contributed by atoms with Gasteiger partial charge >= 0.3 is 0 Å². The van der Waals surface area contributed by atoms with Crippen LogP contribution in [0.5, 0.6) is 0 Å². The molecule has 2 aromatic rings. The molecule has 1 saturated heterocycles. The van der Waals surface area contributed by atoms with Crippen molar-refractivity contribution in [3.05, 3.63) is 71.3 Å². The first kappa shape index (κ1) is 14.3. The lowest BCUT2D eigenvalue weighted by Gasteiger charge is -2.11. The highest BCUT2D eigenvalue weighted by Gasteiger charge is 2.13. The van der Waals surface area contributed by atoms with Gasteiger partial charge in [0.2, 0.25) is 0 Å². The topological polar surface area (TPSA) is 21.3 Å². The van der Waals surface area contributed by atoms with Crippen molar-refractivity contribution in [2.75, 3.05) is 13.2 Å². The first-order chi connectivity index (χ1) is 10.4. The third-order valence-electron chi connectivity index (χ3n) is 4.02. The average molecular weight is 281 g/mol. The molecular formula is C19H23NO. The SMILES string of the molecule is c1ccc(Cc2ccc(COCC3CCCN3)cc2)cc1. The first-order valence-corrected chi connectivity index (χ1v) is 7.83. The van der Waals surface area contributed by atoms with E-state index in [0.717, 1.165) is 19.6 Å². The molecule has 2 nitrogen and oxygen atoms in total. The molecule has 1 N–H and O–H groups in total. The van der Waals surface area contributed by atoms with Gasteiger partial charge in [-0.05, 0) is 42.5 Å². The summed E-state index contributed by atoms with van der Waals surface area (Å²) < 4.78 is 5.80. The van der Waals surface area contributed by atoms with Gasteiger partial charge in [-0.1, -0.05) is 54.6 Å². The average Bonchev–Trinajstić information content (AvgIpc) is 3.03. The lowest BCUT2D eigenvalue weighted by Crippen LogP contribution is -2.26. The Morgan fingerprint density at radius 1 is 0.905 bits per heavy atom. The second kappa shape index (κ2) is 7.39. The second-order valence-corrected chi connectivity index (χ2v) is 5.79. The summed E-state index contributed by atoms with van der Waals surface area (Å²) in [4.78, 5) is 0. The van der Waals surface area contributed by atoms with E-state index < -0.39 is 0 Å². The maximum atomic E-state index is 5.80. The summed E-state index contributed by atoms with van der Waals surface area (Å²) in [6.07, 6.45) is 3.52. The normalized spacial score (nSPS) is 18.0. The Kier molecular flexibility index (Phi) is 5.03. The van der Waals surface area contributed by atoms with Crippen LogP contribution in [0.15, 0.2) is 54.6 Å². The Morgan fingerprint density at radius 3 is 2.33 bits per heavy atom. The molecule has 0 saturated carbocycles. The van der Waals surface area contributed by atoms with Crippen LogP contribution in [-0.4, -0.2) is 19.2 Å². The van der Waals surface area contributed by atoms with E-state index in [1.165, 1.54) is 29.5 Å². The lowest BCUT2D eigenvalue weighted by molar-refractivity contribution is 0.103. The molecule has 1 atom stereocenters. The van der Waals surface area contributed by atoms with E-state index in [1.54, 1.807) is 0 Å². The van der Waals surface area contributed by atoms with Crippen LogP contribution >= 0.6 is 0 Å². The molecule has 1 unspecified atom stereocenters. The van der Waals surface area contributed by atoms with Crippen molar-refractivity contribution in [1.29, 1.82) is 0 Å². The quantitative estimate of drug-likeness (QED) is 0.874. The standard InChI is InChI=1S/C19H23NO/c1-2-5-16(6-3-1)13-17-8-10-18(11-9-17)14-21-15-19-7-4-12-20-19/h1-3,5-6,8-11,19-20H,4,7,12-15H2. The molecule has 0 aromatic heterocycles. The highest BCUT2D eigenvalue weighted by molar-refractivity contribution is 5.28. The molecule has 1 heterocycles. The molecule has 0 radical (unpaired) electrons. The predicted octanol–water partition coefficient (Wildman–Crippen LogP) is 3.55. The molecule has 1 aliphatic heterocycles. The Bertz CT molecular complexity index is 529. The predicted molar refractivity (Wildman–Crippen MR) is 86.4 cm³/mol. The number of hydrogen-bond acceptors (Lipinski definition) is 2. The van der Waals surface area contributed by atoms with Gasteiger partial charge in [0.05, 0.1) is 13.2 Å². The molecule has 2 aromatic carbocycles. The van der Waals surface area contributed by atoms with Crippen LogP contribution < -0.4 is 5.32 Å². The maximum absolute atomic E-state index is 5.80. The zero-order valence-electron chi connectivity index (χ0n) is 12.4. The van der Waals surface area contributed by atoms with E-state index >= 15 is 0 Å². The van der Waals surface area contributed by atoms with Crippen LogP contribution in [0.4, 0.5) is 0 Å². The highest BCUT2D eigenvalue weighted by atomic mass is 16.5. The maximum Gasteiger partial charge on any atom is 0.0717 e. The van der Waals surface area contributed by atoms with Gasteiger partial charge in [0.25, 0.3) is 0 Å². The van der Waals surface area contributed by atoms with Gasteiger partial charge in [-0.15, -0.1) is 0 Å². The van der Waals surface area contributed by atoms with E-state index in [0.29, 0.717) is 12.6 Å². The van der Waals surface area contributed by atoms with Gasteiger partial charge in [0.15, 0.2) is 0 Å². The molecule has 0 spiro atoms. The molecule has 0 bridgehead atoms. The Hall–Kier alpha value is -1.64. The summed E-state index contributed by atoms with van der Waals surface area (Å²) >= 11 is 0. The van der Waals surface area contributed by atoms with Gasteiger partial charge in [-0.2, -0.15) is 0 Å². The monoisotopic (exact) mass is 281 g/mol. The van der Waals surface area contributed by atoms with Gasteiger partial charge in [0, 0.05) is 6.04 Å². The first-order valence-electron chi connectivity index (χ1n) is 7.83. The van der Waals surface area contributed by atoms with Crippen molar-refractivity contribution < 1.29 is 4.74 Å². The molecule has 0 aliphatic carbocycles. The van der Waals surface area contributed by atoms with Gasteiger partial charge in [-0.3, -0.25) is 0 Å². The van der Waals surface area contributed by atoms with Gasteiger partial charge < -0.3 is 10.1 Å². The fourth-order valence-electron chi connectivity index (χ4n) is 2.80. The van der Waals surface area contributed by atoms with Crippen molar-refractivity contribution in [2.24, 2.45) is 0 Å². The van der Waals surface area contributed by atoms with Gasteiger partial charge in [-0.25, -0.2) is 0 Å². The Labute approximate surface area is 127 Å². The zero-order valence-corrected chi connectivity index (χ0v) is 12.4. The van der Waals surface area contributed by atoms with Crippen molar-refractivity contribution in [1.82, 2.24) is 5.32 Å². The third kappa shape index (κ3) is 4.42. The van der Waals surface area contributed by atoms with Crippen LogP contribution in [0.25, 0.3) is 0 Å². The summed E-state index contributed by atoms with van der Waals surface area (Å²) in [6.45, 7) is 2.68. The van der Waals surface area contributed by atoms with E-state index in [4.69, 9.17) is 4.74 Å². The minimum absolute atomic E-state index is 0.558. The summed E-state index contributed by atoms with van der Waals surface area (Å²) in [6, 6.07) is 19.9. The molecule has 110 valence electrons. The summed E-state index contributed by atoms with van der Waals surface area (Å²) in [5.74, 6) is 0. The molecular weight excluding hydrogens is 258 g/mol. The largest absolute Gasteiger partial charge is 0.375 e. The van der Waals surface area contributed by atoms with Crippen LogP contribution in [-0.2, 0) is 17.8 Å². The van der Waals surface area contributed by atoms with Gasteiger partial charge in [0.1, 0.15) is 0 Å². The van der Waals surface area contributed by atoms with Crippen molar-refractivity contribution in [3.8, 4) is 0 Å². The number of rotatable bonds is 6. The molecule has 0 amide bonds. The van der Waals surface area contributed by atoms with Crippen LogP contribution in [0.3, 0.4) is 0 Å². The fourth-order valence-corrected chi connectivity index (χ4v) is 2.80. The van der Waals surface area contributed by atoms with E-state index in [-0.39, 0.29) is 0 Å². The fraction of sp³-hybridized carbons (Fsp3) is 0.368. The molecule has 2 heteroatoms. The zero-order chi connectivity index (χ0) is 14.3. The minimum atomic E-state index is 0.558. The minimum Gasteiger partial charge on any atom is -0.375 e. The molecule has 1 aliphatic rings. The van der Waals surface area contributed by atoms with Crippen molar-refractivity contribution >= 4 is 0 Å². The lowest BCUT2D eigenvalue weighted by atomic mass is 10.0. The van der Waals surface area contributed by atoms with Crippen molar-refractivity contribution in [3.63, 3.8) is 0 Å². The highest BCUT2D eigenvalue weighted by Crippen LogP contribution is 2.12. The van der Waals surface area contributed by atoms with E-state index in [1.807, 2.05) is 0 Å². The van der Waals surface area contributed by atoms with Crippen LogP contribution in [0, 0.1) is 0 Å². The Balaban J connectivity index is 1.47. The molecule has 1 fully saturated rings. The van der Waals surface area contributed by atoms with Crippen LogP contribution in [0.1, 0.15) is 29.5 Å². The van der Waals surface area contributed by atoms with E-state index in [9.17, 15) is 0 Å². The third-order valence-corrected chi connectivity index (χ3v) is 4.02. The summed E-state index contributed by atoms with van der Waals surface area (Å²) in [5.41, 5.74) is 3.96. The second-order valence-electron chi connectivity index (χ2n) is 5.79. The number of ether oxygens (including phenoxy) is 1. The van der Waals surface area contributed by atoms with Crippen LogP contribution in [0.2, 0.25) is 0 Å². The summed E-state index contributed by atoms with van der Waals surface area (Å²) in [5, 5.41) is 3.45. The number of benzene rings is 2. The molecule has 3 rings (SSSR count). The number of nitrogens with one attached hydrogen (secondary N) is 1. The van der Waals surface area contributed by atoms with Crippen molar-refractivity contribution in [2.45, 2.75) is 31.9 Å². The smallest absolute Gasteiger partial charge is 0.0717 e. The van der Waals surface area contributed by atoms with E-state index in [2.05, 4.69) is 59.9 Å². The molecule has 21 heavy (non-hydrogen) atoms. The summed E-state index contributed by atoms with van der Waals surface area (Å²) in [7, 11) is 0. The Morgan fingerprint density at radius 2 is 1.62 bits per heavy atom. The number of hydrogen-bond donors (Lipinski definition) is 1.